The van der Waals surface area contributed by atoms with E-state index in [1.165, 1.54) is 16.8 Å². The Kier molecular flexibility index (Phi) is 2.58. The molecule has 0 radical (unpaired) electrons. The minimum Gasteiger partial charge on any atom is -0.461 e. The van der Waals surface area contributed by atoms with Gasteiger partial charge in [-0.15, -0.1) is 11.6 Å². The highest BCUT2D eigenvalue weighted by molar-refractivity contribution is 6.18. The van der Waals surface area contributed by atoms with E-state index in [1.54, 1.807) is 0 Å². The summed E-state index contributed by atoms with van der Waals surface area (Å²) >= 11 is 5.75. The lowest BCUT2D eigenvalue weighted by Crippen LogP contribution is -2.49. The monoisotopic (exact) mass is 276 g/mol. The summed E-state index contributed by atoms with van der Waals surface area (Å²) in [6.45, 7) is -0.162. The number of ether oxygens (including phenoxy) is 2. The summed E-state index contributed by atoms with van der Waals surface area (Å²) in [4.78, 5) is 14.8. The number of aliphatic hydroxyl groups is 1. The summed E-state index contributed by atoms with van der Waals surface area (Å²) in [5.74, 6) is -0.121. The maximum atomic E-state index is 14.0. The van der Waals surface area contributed by atoms with E-state index in [0.717, 1.165) is 0 Å². The number of nitrogens with zero attached hydrogens (tertiary/aromatic N) is 2. The van der Waals surface area contributed by atoms with Gasteiger partial charge in [0.25, 0.3) is 5.56 Å². The van der Waals surface area contributed by atoms with Gasteiger partial charge in [0.15, 0.2) is 12.4 Å². The summed E-state index contributed by atoms with van der Waals surface area (Å²) in [5.41, 5.74) is -1.81. The van der Waals surface area contributed by atoms with E-state index in [4.69, 9.17) is 21.1 Å². The Labute approximate surface area is 106 Å². The zero-order valence-electron chi connectivity index (χ0n) is 9.12. The third kappa shape index (κ3) is 1.47. The lowest BCUT2D eigenvalue weighted by atomic mass is 9.98. The SMILES string of the molecule is O=c1ccn2c(n1)OC[C@@]1(CCl)O[C@@H]2[C@H](F)[C@@H]1O. The normalized spacial score (nSPS) is 37.8. The second-order valence-electron chi connectivity index (χ2n) is 4.34. The van der Waals surface area contributed by atoms with Gasteiger partial charge in [-0.3, -0.25) is 9.36 Å². The number of hydrogen-bond acceptors (Lipinski definition) is 5. The molecule has 0 aromatic carbocycles. The summed E-state index contributed by atoms with van der Waals surface area (Å²) in [5, 5.41) is 9.86. The van der Waals surface area contributed by atoms with Gasteiger partial charge in [-0.25, -0.2) is 4.39 Å². The van der Waals surface area contributed by atoms with E-state index in [1.807, 2.05) is 0 Å². The van der Waals surface area contributed by atoms with Gasteiger partial charge in [-0.05, 0) is 0 Å². The molecule has 18 heavy (non-hydrogen) atoms. The molecule has 0 saturated carbocycles. The van der Waals surface area contributed by atoms with Crippen molar-refractivity contribution in [2.45, 2.75) is 24.1 Å². The molecule has 6 nitrogen and oxygen atoms in total. The Bertz CT molecular complexity index is 539. The van der Waals surface area contributed by atoms with Crippen molar-refractivity contribution in [1.82, 2.24) is 9.55 Å². The molecule has 1 N–H and O–H groups in total. The minimum absolute atomic E-state index is 0.0333. The number of halogens is 2. The Morgan fingerprint density at radius 1 is 1.72 bits per heavy atom. The molecule has 2 aliphatic rings. The minimum atomic E-state index is -1.66. The van der Waals surface area contributed by atoms with Crippen molar-refractivity contribution in [3.05, 3.63) is 22.6 Å². The molecule has 2 bridgehead atoms. The molecule has 1 aromatic rings. The lowest BCUT2D eigenvalue weighted by molar-refractivity contribution is -0.0932. The van der Waals surface area contributed by atoms with Gasteiger partial charge in [0.2, 0.25) is 0 Å². The quantitative estimate of drug-likeness (QED) is 0.722. The molecule has 1 aromatic heterocycles. The van der Waals surface area contributed by atoms with Crippen molar-refractivity contribution < 1.29 is 19.0 Å². The predicted molar refractivity (Wildman–Crippen MR) is 58.5 cm³/mol. The van der Waals surface area contributed by atoms with Crippen molar-refractivity contribution in [3.8, 4) is 6.01 Å². The van der Waals surface area contributed by atoms with Gasteiger partial charge in [0, 0.05) is 12.3 Å². The zero-order valence-corrected chi connectivity index (χ0v) is 9.88. The summed E-state index contributed by atoms with van der Waals surface area (Å²) in [6.07, 6.45) is -2.81. The number of hydrogen-bond donors (Lipinski definition) is 1. The largest absolute Gasteiger partial charge is 0.461 e. The van der Waals surface area contributed by atoms with Crippen LogP contribution in [0.2, 0.25) is 0 Å². The van der Waals surface area contributed by atoms with Gasteiger partial charge < -0.3 is 14.6 Å². The van der Waals surface area contributed by atoms with E-state index in [9.17, 15) is 14.3 Å². The molecule has 0 unspecified atom stereocenters. The second kappa shape index (κ2) is 3.91. The van der Waals surface area contributed by atoms with Gasteiger partial charge in [-0.2, -0.15) is 4.98 Å². The van der Waals surface area contributed by atoms with Gasteiger partial charge in [0.05, 0.1) is 5.88 Å². The van der Waals surface area contributed by atoms with Crippen molar-refractivity contribution in [2.24, 2.45) is 0 Å². The van der Waals surface area contributed by atoms with Crippen molar-refractivity contribution in [2.75, 3.05) is 12.5 Å². The standard InChI is InChI=1S/C10H10ClFN2O4/c11-3-10-4-17-9-13-5(15)1-2-14(9)8(18-10)6(12)7(10)16/h1-2,6-8,16H,3-4H2/t6-,7+,8-,10-/m1/s1. The van der Waals surface area contributed by atoms with E-state index in [-0.39, 0.29) is 18.5 Å². The summed E-state index contributed by atoms with van der Waals surface area (Å²) < 4.78 is 26.1. The molecule has 1 saturated heterocycles. The maximum absolute atomic E-state index is 14.0. The third-order valence-corrected chi connectivity index (χ3v) is 3.67. The smallest absolute Gasteiger partial charge is 0.302 e. The topological polar surface area (TPSA) is 73.6 Å². The third-order valence-electron chi connectivity index (χ3n) is 3.22. The average Bonchev–Trinajstić information content (AvgIpc) is 2.54. The van der Waals surface area contributed by atoms with Gasteiger partial charge >= 0.3 is 6.01 Å². The van der Waals surface area contributed by atoms with Crippen molar-refractivity contribution >= 4 is 11.6 Å². The molecule has 0 spiro atoms. The van der Waals surface area contributed by atoms with E-state index >= 15 is 0 Å². The maximum Gasteiger partial charge on any atom is 0.302 e. The van der Waals surface area contributed by atoms with Crippen LogP contribution in [-0.4, -0.2) is 45.0 Å². The first-order valence-electron chi connectivity index (χ1n) is 5.35. The summed E-state index contributed by atoms with van der Waals surface area (Å²) in [7, 11) is 0. The second-order valence-corrected chi connectivity index (χ2v) is 4.61. The van der Waals surface area contributed by atoms with E-state index in [0.29, 0.717) is 0 Å². The molecule has 3 rings (SSSR count). The van der Waals surface area contributed by atoms with Crippen LogP contribution in [0.1, 0.15) is 6.23 Å². The van der Waals surface area contributed by atoms with Gasteiger partial charge in [0.1, 0.15) is 18.3 Å². The Morgan fingerprint density at radius 3 is 3.22 bits per heavy atom. The van der Waals surface area contributed by atoms with Crippen LogP contribution < -0.4 is 10.3 Å². The van der Waals surface area contributed by atoms with E-state index in [2.05, 4.69) is 4.98 Å². The Balaban J connectivity index is 2.11. The van der Waals surface area contributed by atoms with Gasteiger partial charge in [-0.1, -0.05) is 0 Å². The number of alkyl halides is 2. The van der Waals surface area contributed by atoms with Crippen molar-refractivity contribution in [1.29, 1.82) is 0 Å². The van der Waals surface area contributed by atoms with Crippen molar-refractivity contribution in [3.63, 3.8) is 0 Å². The highest BCUT2D eigenvalue weighted by Gasteiger charge is 2.58. The van der Waals surface area contributed by atoms with Crippen LogP contribution in [0.25, 0.3) is 0 Å². The predicted octanol–water partition coefficient (Wildman–Crippen LogP) is -0.159. The first kappa shape index (κ1) is 11.9. The van der Waals surface area contributed by atoms with Crippen LogP contribution in [0.15, 0.2) is 17.1 Å². The molecule has 0 amide bonds. The Morgan fingerprint density at radius 2 is 2.50 bits per heavy atom. The zero-order chi connectivity index (χ0) is 12.9. The molecule has 1 fully saturated rings. The highest BCUT2D eigenvalue weighted by atomic mass is 35.5. The number of rotatable bonds is 1. The molecule has 3 heterocycles. The first-order valence-corrected chi connectivity index (χ1v) is 5.89. The summed E-state index contributed by atoms with van der Waals surface area (Å²) in [6, 6.07) is 1.13. The van der Waals surface area contributed by atoms with Crippen LogP contribution in [0.4, 0.5) is 4.39 Å². The number of fused-ring (bicyclic) bond motifs is 4. The Hall–Kier alpha value is -1.18. The number of aromatic nitrogens is 2. The molecule has 2 aliphatic heterocycles. The van der Waals surface area contributed by atoms with E-state index < -0.39 is 29.7 Å². The highest BCUT2D eigenvalue weighted by Crippen LogP contribution is 2.43. The van der Waals surface area contributed by atoms with Crippen LogP contribution in [0.3, 0.4) is 0 Å². The molecule has 98 valence electrons. The average molecular weight is 277 g/mol. The molecule has 8 heteroatoms. The molecule has 0 aliphatic carbocycles. The fourth-order valence-electron chi connectivity index (χ4n) is 2.18. The lowest BCUT2D eigenvalue weighted by Gasteiger charge is -2.27. The van der Waals surface area contributed by atoms with Crippen LogP contribution in [0.5, 0.6) is 6.01 Å². The fourth-order valence-corrected chi connectivity index (χ4v) is 2.48. The first-order chi connectivity index (χ1) is 8.57. The molecular formula is C10H10ClFN2O4. The van der Waals surface area contributed by atoms with Crippen LogP contribution in [-0.2, 0) is 4.74 Å². The van der Waals surface area contributed by atoms with Crippen LogP contribution >= 0.6 is 11.6 Å². The number of aliphatic hydroxyl groups excluding tert-OH is 1. The van der Waals surface area contributed by atoms with Crippen LogP contribution in [0, 0.1) is 0 Å². The molecular weight excluding hydrogens is 267 g/mol. The molecule has 4 atom stereocenters. The fraction of sp³-hybridized carbons (Fsp3) is 0.600.